The van der Waals surface area contributed by atoms with E-state index in [1.54, 1.807) is 12.4 Å². The maximum absolute atomic E-state index is 12.6. The quantitative estimate of drug-likeness (QED) is 0.101. The highest BCUT2D eigenvalue weighted by molar-refractivity contribution is 5.60. The minimum absolute atomic E-state index is 0.0514. The summed E-state index contributed by atoms with van der Waals surface area (Å²) in [6, 6.07) is 11.7. The Bertz CT molecular complexity index is 872. The van der Waals surface area contributed by atoms with E-state index in [-0.39, 0.29) is 25.0 Å². The van der Waals surface area contributed by atoms with E-state index in [2.05, 4.69) is 21.8 Å². The predicted molar refractivity (Wildman–Crippen MR) is 154 cm³/mol. The highest BCUT2D eigenvalue weighted by Gasteiger charge is 2.19. The molecule has 0 aromatic carbocycles. The summed E-state index contributed by atoms with van der Waals surface area (Å²) in [5.74, 6) is 5.49. The number of unbranched alkanes of at least 4 members (excludes halogenated alkanes) is 10. The third kappa shape index (κ3) is 13.8. The second-order valence-electron chi connectivity index (χ2n) is 9.80. The van der Waals surface area contributed by atoms with Crippen LogP contribution in [-0.2, 0) is 9.47 Å². The molecule has 0 saturated heterocycles. The number of carbonyl (C=O) groups excluding carboxylic acids is 1. The van der Waals surface area contributed by atoms with E-state index in [9.17, 15) is 4.79 Å². The molecular formula is C33H44N2O3. The SMILES string of the molecule is C#CCCCCCCCC(COC(=O)OCC(CCCCCCCC#C)c1ccccn1)c1ccccn1. The summed E-state index contributed by atoms with van der Waals surface area (Å²) in [4.78, 5) is 21.6. The molecule has 0 aliphatic heterocycles. The fourth-order valence-corrected chi connectivity index (χ4v) is 4.54. The van der Waals surface area contributed by atoms with Crippen LogP contribution in [0.1, 0.15) is 113 Å². The molecule has 2 rings (SSSR count). The van der Waals surface area contributed by atoms with E-state index >= 15 is 0 Å². The summed E-state index contributed by atoms with van der Waals surface area (Å²) in [5, 5.41) is 0. The molecule has 0 fully saturated rings. The van der Waals surface area contributed by atoms with Gasteiger partial charge in [0.15, 0.2) is 0 Å². The van der Waals surface area contributed by atoms with Crippen LogP contribution in [0.15, 0.2) is 48.8 Å². The fourth-order valence-electron chi connectivity index (χ4n) is 4.54. The van der Waals surface area contributed by atoms with Crippen LogP contribution in [0, 0.1) is 24.7 Å². The van der Waals surface area contributed by atoms with Crippen molar-refractivity contribution in [3.8, 4) is 24.7 Å². The second-order valence-corrected chi connectivity index (χ2v) is 9.80. The molecule has 2 atom stereocenters. The lowest BCUT2D eigenvalue weighted by molar-refractivity contribution is 0.0447. The third-order valence-electron chi connectivity index (χ3n) is 6.76. The zero-order valence-electron chi connectivity index (χ0n) is 22.9. The number of aromatic nitrogens is 2. The molecule has 2 heterocycles. The monoisotopic (exact) mass is 516 g/mol. The van der Waals surface area contributed by atoms with Crippen molar-refractivity contribution in [3.05, 3.63) is 60.2 Å². The van der Waals surface area contributed by atoms with Crippen molar-refractivity contribution in [1.29, 1.82) is 0 Å². The first-order valence-electron chi connectivity index (χ1n) is 14.2. The summed E-state index contributed by atoms with van der Waals surface area (Å²) in [6.45, 7) is 0.525. The Balaban J connectivity index is 1.79. The molecule has 0 bridgehead atoms. The predicted octanol–water partition coefficient (Wildman–Crippen LogP) is 8.23. The van der Waals surface area contributed by atoms with Gasteiger partial charge in [0.05, 0.1) is 0 Å². The van der Waals surface area contributed by atoms with Crippen LogP contribution in [0.5, 0.6) is 0 Å². The molecule has 0 saturated carbocycles. The Morgan fingerprint density at radius 2 is 1.08 bits per heavy atom. The summed E-state index contributed by atoms with van der Waals surface area (Å²) in [6.07, 6.45) is 28.3. The van der Waals surface area contributed by atoms with E-state index in [0.717, 1.165) is 88.4 Å². The molecule has 0 amide bonds. The Morgan fingerprint density at radius 1 is 0.658 bits per heavy atom. The highest BCUT2D eigenvalue weighted by atomic mass is 16.7. The van der Waals surface area contributed by atoms with Crippen molar-refractivity contribution < 1.29 is 14.3 Å². The molecule has 38 heavy (non-hydrogen) atoms. The molecule has 0 spiro atoms. The number of terminal acetylenes is 2. The molecule has 0 aliphatic carbocycles. The Morgan fingerprint density at radius 3 is 1.47 bits per heavy atom. The van der Waals surface area contributed by atoms with Gasteiger partial charge in [0.2, 0.25) is 0 Å². The van der Waals surface area contributed by atoms with Crippen molar-refractivity contribution in [2.45, 2.75) is 102 Å². The Kier molecular flexibility index (Phi) is 16.8. The first-order chi connectivity index (χ1) is 18.7. The summed E-state index contributed by atoms with van der Waals surface area (Å²) >= 11 is 0. The number of carbonyl (C=O) groups is 1. The molecule has 5 heteroatoms. The van der Waals surface area contributed by atoms with Gasteiger partial charge >= 0.3 is 6.16 Å². The average molecular weight is 517 g/mol. The lowest BCUT2D eigenvalue weighted by Crippen LogP contribution is -2.18. The summed E-state index contributed by atoms with van der Waals surface area (Å²) in [5.41, 5.74) is 1.89. The van der Waals surface area contributed by atoms with Crippen molar-refractivity contribution in [3.63, 3.8) is 0 Å². The first kappa shape index (κ1) is 30.9. The number of ether oxygens (including phenoxy) is 2. The van der Waals surface area contributed by atoms with Crippen LogP contribution in [0.25, 0.3) is 0 Å². The second kappa shape index (κ2) is 20.7. The van der Waals surface area contributed by atoms with Gasteiger partial charge in [-0.15, -0.1) is 24.7 Å². The van der Waals surface area contributed by atoms with Gasteiger partial charge in [-0.1, -0.05) is 63.5 Å². The molecule has 0 aliphatic rings. The topological polar surface area (TPSA) is 61.3 Å². The van der Waals surface area contributed by atoms with E-state index in [0.29, 0.717) is 0 Å². The number of nitrogens with zero attached hydrogens (tertiary/aromatic N) is 2. The van der Waals surface area contributed by atoms with Gasteiger partial charge < -0.3 is 9.47 Å². The number of hydrogen-bond donors (Lipinski definition) is 0. The standard InChI is InChI=1S/C33H44N2O3/c1-3-5-7-9-11-13-15-21-29(31-23-17-19-25-34-31)27-37-33(36)38-28-30(32-24-18-20-26-35-32)22-16-14-12-10-8-6-4-2/h1-2,17-20,23-26,29-30H,5-16,21-22,27-28H2. The van der Waals surface area contributed by atoms with Gasteiger partial charge in [0.1, 0.15) is 13.2 Å². The molecule has 5 nitrogen and oxygen atoms in total. The largest absolute Gasteiger partial charge is 0.508 e. The van der Waals surface area contributed by atoms with E-state index in [4.69, 9.17) is 22.3 Å². The van der Waals surface area contributed by atoms with E-state index < -0.39 is 6.16 Å². The molecule has 0 N–H and O–H groups in total. The average Bonchev–Trinajstić information content (AvgIpc) is 2.96. The molecule has 2 aromatic heterocycles. The first-order valence-corrected chi connectivity index (χ1v) is 14.2. The zero-order valence-corrected chi connectivity index (χ0v) is 22.9. The van der Waals surface area contributed by atoms with Crippen LogP contribution in [0.4, 0.5) is 4.79 Å². The Hall–Kier alpha value is -3.31. The van der Waals surface area contributed by atoms with Gasteiger partial charge in [-0.25, -0.2) is 4.79 Å². The van der Waals surface area contributed by atoms with Crippen LogP contribution >= 0.6 is 0 Å². The van der Waals surface area contributed by atoms with Gasteiger partial charge in [-0.2, -0.15) is 0 Å². The molecular weight excluding hydrogens is 472 g/mol. The van der Waals surface area contributed by atoms with Crippen molar-refractivity contribution in [2.24, 2.45) is 0 Å². The minimum atomic E-state index is -0.629. The molecule has 204 valence electrons. The van der Waals surface area contributed by atoms with Crippen molar-refractivity contribution in [2.75, 3.05) is 13.2 Å². The van der Waals surface area contributed by atoms with E-state index in [1.165, 1.54) is 12.8 Å². The van der Waals surface area contributed by atoms with Gasteiger partial charge in [-0.05, 0) is 49.9 Å². The number of hydrogen-bond acceptors (Lipinski definition) is 5. The maximum atomic E-state index is 12.6. The molecule has 2 aromatic rings. The van der Waals surface area contributed by atoms with Gasteiger partial charge in [0, 0.05) is 48.5 Å². The number of rotatable bonds is 20. The number of pyridine rings is 2. The molecule has 2 unspecified atom stereocenters. The lowest BCUT2D eigenvalue weighted by Gasteiger charge is -2.19. The summed E-state index contributed by atoms with van der Waals surface area (Å²) < 4.78 is 11.2. The molecule has 0 radical (unpaired) electrons. The zero-order chi connectivity index (χ0) is 27.1. The van der Waals surface area contributed by atoms with Crippen molar-refractivity contribution >= 4 is 6.16 Å². The lowest BCUT2D eigenvalue weighted by atomic mass is 9.97. The Labute approximate surface area is 230 Å². The fraction of sp³-hybridized carbons (Fsp3) is 0.545. The van der Waals surface area contributed by atoms with E-state index in [1.807, 2.05) is 36.4 Å². The normalized spacial score (nSPS) is 12.2. The maximum Gasteiger partial charge on any atom is 0.508 e. The van der Waals surface area contributed by atoms with Crippen LogP contribution in [-0.4, -0.2) is 29.3 Å². The van der Waals surface area contributed by atoms with Gasteiger partial charge in [-0.3, -0.25) is 9.97 Å². The van der Waals surface area contributed by atoms with Crippen molar-refractivity contribution in [1.82, 2.24) is 9.97 Å². The van der Waals surface area contributed by atoms with Crippen LogP contribution in [0.2, 0.25) is 0 Å². The highest BCUT2D eigenvalue weighted by Crippen LogP contribution is 2.24. The summed E-state index contributed by atoms with van der Waals surface area (Å²) in [7, 11) is 0. The minimum Gasteiger partial charge on any atom is -0.434 e. The van der Waals surface area contributed by atoms with Gasteiger partial charge in [0.25, 0.3) is 0 Å². The third-order valence-corrected chi connectivity index (χ3v) is 6.76. The van der Waals surface area contributed by atoms with Crippen LogP contribution < -0.4 is 0 Å². The smallest absolute Gasteiger partial charge is 0.434 e. The van der Waals surface area contributed by atoms with Crippen LogP contribution in [0.3, 0.4) is 0 Å².